The van der Waals surface area contributed by atoms with Crippen molar-refractivity contribution in [3.05, 3.63) is 52.0 Å². The van der Waals surface area contributed by atoms with Gasteiger partial charge in [0.2, 0.25) is 11.7 Å². The number of carboxylic acids is 1. The molecule has 0 unspecified atom stereocenters. The fourth-order valence-electron chi connectivity index (χ4n) is 2.20. The largest absolute Gasteiger partial charge is 0.482 e. The van der Waals surface area contributed by atoms with Gasteiger partial charge in [-0.1, -0.05) is 12.1 Å². The Morgan fingerprint density at radius 1 is 1.35 bits per heavy atom. The molecule has 0 saturated heterocycles. The van der Waals surface area contributed by atoms with E-state index in [2.05, 4.69) is 4.98 Å². The summed E-state index contributed by atoms with van der Waals surface area (Å²) in [4.78, 5) is 38.2. The molecule has 138 valence electrons. The number of carboxylic acid groups (broad SMARTS) is 1. The van der Waals surface area contributed by atoms with Crippen molar-refractivity contribution in [1.29, 1.82) is 0 Å². The molecule has 26 heavy (non-hydrogen) atoms. The fraction of sp³-hybridized carbons (Fsp3) is 0.312. The number of carbonyl (C=O) groups is 2. The Bertz CT molecular complexity index is 815. The molecule has 0 fully saturated rings. The van der Waals surface area contributed by atoms with Crippen LogP contribution in [0.4, 0.5) is 5.82 Å². The van der Waals surface area contributed by atoms with E-state index in [1.165, 1.54) is 15.7 Å². The van der Waals surface area contributed by atoms with E-state index in [1.807, 2.05) is 0 Å². The van der Waals surface area contributed by atoms with Crippen LogP contribution in [0, 0.1) is 17.0 Å². The third kappa shape index (κ3) is 5.03. The molecule has 0 aliphatic heterocycles. The molecule has 2 aromatic rings. The highest BCUT2D eigenvalue weighted by atomic mass is 16.6. The SMILES string of the molecule is Cc1nc([N+](=O)[O-])cn1CC(=O)N(C)Cc1ccc(OCC(=O)O)cc1. The second-order valence-electron chi connectivity index (χ2n) is 5.61. The molecule has 2 rings (SSSR count). The second kappa shape index (κ2) is 8.10. The van der Waals surface area contributed by atoms with Crippen LogP contribution in [-0.2, 0) is 22.7 Å². The number of benzene rings is 1. The highest BCUT2D eigenvalue weighted by Crippen LogP contribution is 2.14. The summed E-state index contributed by atoms with van der Waals surface area (Å²) >= 11 is 0. The Hall–Kier alpha value is -3.43. The lowest BCUT2D eigenvalue weighted by Gasteiger charge is -2.17. The van der Waals surface area contributed by atoms with Gasteiger partial charge in [-0.3, -0.25) is 9.36 Å². The predicted octanol–water partition coefficient (Wildman–Crippen LogP) is 1.22. The topological polar surface area (TPSA) is 128 Å². The summed E-state index contributed by atoms with van der Waals surface area (Å²) in [6.45, 7) is 1.45. The van der Waals surface area contributed by atoms with Crippen molar-refractivity contribution in [3.63, 3.8) is 0 Å². The van der Waals surface area contributed by atoms with Crippen LogP contribution in [0.3, 0.4) is 0 Å². The van der Waals surface area contributed by atoms with Gasteiger partial charge in [-0.2, -0.15) is 0 Å². The number of rotatable bonds is 8. The molecule has 0 aliphatic rings. The number of nitro groups is 1. The van der Waals surface area contributed by atoms with Gasteiger partial charge in [0.25, 0.3) is 0 Å². The second-order valence-corrected chi connectivity index (χ2v) is 5.61. The predicted molar refractivity (Wildman–Crippen MR) is 89.7 cm³/mol. The van der Waals surface area contributed by atoms with Crippen LogP contribution < -0.4 is 4.74 Å². The molecular formula is C16H18N4O6. The standard InChI is InChI=1S/C16H18N4O6/c1-11-17-14(20(24)25)8-19(11)9-15(21)18(2)7-12-3-5-13(6-4-12)26-10-16(22)23/h3-6,8H,7,9-10H2,1-2H3,(H,22,23). The van der Waals surface area contributed by atoms with E-state index in [0.29, 0.717) is 18.1 Å². The first-order valence-electron chi connectivity index (χ1n) is 7.62. The number of nitrogens with zero attached hydrogens (tertiary/aromatic N) is 4. The fourth-order valence-corrected chi connectivity index (χ4v) is 2.20. The van der Waals surface area contributed by atoms with Gasteiger partial charge >= 0.3 is 11.8 Å². The minimum absolute atomic E-state index is 0.0526. The molecule has 1 aromatic carbocycles. The first-order chi connectivity index (χ1) is 12.3. The zero-order valence-corrected chi connectivity index (χ0v) is 14.3. The van der Waals surface area contributed by atoms with E-state index in [9.17, 15) is 19.7 Å². The van der Waals surface area contributed by atoms with E-state index in [4.69, 9.17) is 9.84 Å². The molecular weight excluding hydrogens is 344 g/mol. The van der Waals surface area contributed by atoms with E-state index >= 15 is 0 Å². The summed E-state index contributed by atoms with van der Waals surface area (Å²) in [6.07, 6.45) is 1.23. The number of aromatic nitrogens is 2. The first-order valence-corrected chi connectivity index (χ1v) is 7.62. The minimum atomic E-state index is -1.06. The van der Waals surface area contributed by atoms with Crippen LogP contribution in [0.25, 0.3) is 0 Å². The highest BCUT2D eigenvalue weighted by molar-refractivity contribution is 5.75. The van der Waals surface area contributed by atoms with Crippen molar-refractivity contribution in [1.82, 2.24) is 14.5 Å². The Labute approximate surface area is 148 Å². The lowest BCUT2D eigenvalue weighted by Crippen LogP contribution is -2.29. The third-order valence-corrected chi connectivity index (χ3v) is 3.59. The van der Waals surface area contributed by atoms with Crippen LogP contribution >= 0.6 is 0 Å². The number of hydrogen-bond donors (Lipinski definition) is 1. The van der Waals surface area contributed by atoms with Crippen molar-refractivity contribution in [2.45, 2.75) is 20.0 Å². The molecule has 1 N–H and O–H groups in total. The summed E-state index contributed by atoms with van der Waals surface area (Å²) in [5.74, 6) is -0.777. The zero-order chi connectivity index (χ0) is 19.3. The van der Waals surface area contributed by atoms with E-state index < -0.39 is 17.5 Å². The third-order valence-electron chi connectivity index (χ3n) is 3.59. The lowest BCUT2D eigenvalue weighted by atomic mass is 10.2. The van der Waals surface area contributed by atoms with Gasteiger partial charge < -0.3 is 24.9 Å². The van der Waals surface area contributed by atoms with E-state index in [-0.39, 0.29) is 18.3 Å². The summed E-state index contributed by atoms with van der Waals surface area (Å²) < 4.78 is 6.47. The monoisotopic (exact) mass is 362 g/mol. The molecule has 0 aliphatic carbocycles. The summed E-state index contributed by atoms with van der Waals surface area (Å²) in [5.41, 5.74) is 0.830. The Balaban J connectivity index is 1.94. The molecule has 1 amide bonds. The molecule has 0 bridgehead atoms. The van der Waals surface area contributed by atoms with Crippen LogP contribution in [0.2, 0.25) is 0 Å². The van der Waals surface area contributed by atoms with Crippen LogP contribution in [-0.4, -0.2) is 50.0 Å². The number of imidazole rings is 1. The number of ether oxygens (including phenoxy) is 1. The molecule has 0 radical (unpaired) electrons. The molecule has 0 atom stereocenters. The van der Waals surface area contributed by atoms with Gasteiger partial charge in [-0.15, -0.1) is 0 Å². The normalized spacial score (nSPS) is 10.4. The van der Waals surface area contributed by atoms with Gasteiger partial charge in [0, 0.05) is 20.5 Å². The Morgan fingerprint density at radius 3 is 2.54 bits per heavy atom. The molecule has 1 heterocycles. The van der Waals surface area contributed by atoms with Crippen LogP contribution in [0.5, 0.6) is 5.75 Å². The quantitative estimate of drug-likeness (QED) is 0.552. The Morgan fingerprint density at radius 2 is 2.00 bits per heavy atom. The van der Waals surface area contributed by atoms with E-state index in [0.717, 1.165) is 5.56 Å². The van der Waals surface area contributed by atoms with Crippen molar-refractivity contribution in [2.24, 2.45) is 0 Å². The van der Waals surface area contributed by atoms with Crippen LogP contribution in [0.1, 0.15) is 11.4 Å². The number of aryl methyl sites for hydroxylation is 1. The summed E-state index contributed by atoms with van der Waals surface area (Å²) in [5, 5.41) is 19.3. The van der Waals surface area contributed by atoms with Crippen molar-refractivity contribution < 1.29 is 24.4 Å². The van der Waals surface area contributed by atoms with Crippen molar-refractivity contribution in [2.75, 3.05) is 13.7 Å². The van der Waals surface area contributed by atoms with Gasteiger partial charge in [0.1, 0.15) is 18.5 Å². The first kappa shape index (κ1) is 18.9. The average molecular weight is 362 g/mol. The van der Waals surface area contributed by atoms with Crippen molar-refractivity contribution in [3.8, 4) is 5.75 Å². The summed E-state index contributed by atoms with van der Waals surface area (Å²) in [7, 11) is 1.62. The molecule has 0 saturated carbocycles. The minimum Gasteiger partial charge on any atom is -0.482 e. The number of amides is 1. The highest BCUT2D eigenvalue weighted by Gasteiger charge is 2.18. The maximum Gasteiger partial charge on any atom is 0.381 e. The van der Waals surface area contributed by atoms with Gasteiger partial charge in [0.05, 0.1) is 0 Å². The molecule has 0 spiro atoms. The molecule has 10 heteroatoms. The van der Waals surface area contributed by atoms with Crippen molar-refractivity contribution >= 4 is 17.7 Å². The maximum absolute atomic E-state index is 12.3. The molecule has 1 aromatic heterocycles. The van der Waals surface area contributed by atoms with Gasteiger partial charge in [-0.05, 0) is 27.6 Å². The maximum atomic E-state index is 12.3. The number of aliphatic carboxylic acids is 1. The van der Waals surface area contributed by atoms with Gasteiger partial charge in [-0.25, -0.2) is 4.79 Å². The number of hydrogen-bond acceptors (Lipinski definition) is 6. The number of carbonyl (C=O) groups excluding carboxylic acids is 1. The Kier molecular flexibility index (Phi) is 5.89. The lowest BCUT2D eigenvalue weighted by molar-refractivity contribution is -0.389. The average Bonchev–Trinajstić information content (AvgIpc) is 2.95. The van der Waals surface area contributed by atoms with Gasteiger partial charge in [0.15, 0.2) is 6.61 Å². The smallest absolute Gasteiger partial charge is 0.381 e. The summed E-state index contributed by atoms with van der Waals surface area (Å²) in [6, 6.07) is 6.71. The zero-order valence-electron chi connectivity index (χ0n) is 14.3. The number of likely N-dealkylation sites (N-methyl/N-ethyl adjacent to an activating group) is 1. The molecule has 10 nitrogen and oxygen atoms in total. The van der Waals surface area contributed by atoms with E-state index in [1.54, 1.807) is 38.2 Å². The van der Waals surface area contributed by atoms with Crippen LogP contribution in [0.15, 0.2) is 30.5 Å².